The summed E-state index contributed by atoms with van der Waals surface area (Å²) >= 11 is 3.35. The number of benzene rings is 2. The first-order valence-electron chi connectivity index (χ1n) is 10.6. The third-order valence-electron chi connectivity index (χ3n) is 7.29. The first kappa shape index (κ1) is 19.0. The van der Waals surface area contributed by atoms with Crippen molar-refractivity contribution in [2.75, 3.05) is 11.5 Å². The monoisotopic (exact) mass is 477 g/mol. The lowest BCUT2D eigenvalue weighted by Crippen LogP contribution is -2.40. The molecule has 5 nitrogen and oxygen atoms in total. The van der Waals surface area contributed by atoms with Crippen LogP contribution in [0.2, 0.25) is 0 Å². The molecular weight excluding hydrogens is 458 g/mol. The molecule has 1 saturated heterocycles. The lowest BCUT2D eigenvalue weighted by atomic mass is 9.63. The molecule has 4 aliphatic carbocycles. The average molecular weight is 478 g/mol. The zero-order chi connectivity index (χ0) is 21.3. The van der Waals surface area contributed by atoms with Crippen molar-refractivity contribution in [3.8, 4) is 5.75 Å². The summed E-state index contributed by atoms with van der Waals surface area (Å²) in [6, 6.07) is 14.0. The maximum Gasteiger partial charge on any atom is 0.238 e. The number of allylic oxidation sites excluding steroid dienone is 2. The van der Waals surface area contributed by atoms with Crippen molar-refractivity contribution in [3.05, 3.63) is 70.7 Å². The second kappa shape index (κ2) is 6.89. The zero-order valence-corrected chi connectivity index (χ0v) is 18.2. The van der Waals surface area contributed by atoms with Gasteiger partial charge in [0.1, 0.15) is 5.75 Å². The highest BCUT2D eigenvalue weighted by Gasteiger charge is 2.67. The lowest BCUT2D eigenvalue weighted by molar-refractivity contribution is -0.124. The van der Waals surface area contributed by atoms with E-state index in [-0.39, 0.29) is 47.9 Å². The van der Waals surface area contributed by atoms with E-state index in [1.807, 2.05) is 12.1 Å². The molecule has 7 rings (SSSR count). The van der Waals surface area contributed by atoms with Crippen molar-refractivity contribution in [2.24, 2.45) is 35.5 Å². The van der Waals surface area contributed by atoms with Crippen LogP contribution in [-0.2, 0) is 9.59 Å². The minimum absolute atomic E-state index is 0.0706. The van der Waals surface area contributed by atoms with Crippen LogP contribution in [0.4, 0.5) is 5.69 Å². The number of carbonyl (C=O) groups is 3. The molecule has 2 aromatic rings. The van der Waals surface area contributed by atoms with E-state index in [0.29, 0.717) is 28.8 Å². The molecule has 2 unspecified atom stereocenters. The van der Waals surface area contributed by atoms with Gasteiger partial charge in [0, 0.05) is 10.0 Å². The number of nitrogens with zero attached hydrogens (tertiary/aromatic N) is 1. The number of anilines is 1. The molecule has 2 aromatic carbocycles. The predicted molar refractivity (Wildman–Crippen MR) is 118 cm³/mol. The number of ether oxygens (including phenoxy) is 1. The topological polar surface area (TPSA) is 63.7 Å². The van der Waals surface area contributed by atoms with Crippen LogP contribution in [0.15, 0.2) is 65.2 Å². The molecule has 2 bridgehead atoms. The molecule has 0 radical (unpaired) electrons. The summed E-state index contributed by atoms with van der Waals surface area (Å²) in [7, 11) is 0. The van der Waals surface area contributed by atoms with Gasteiger partial charge >= 0.3 is 0 Å². The minimum Gasteiger partial charge on any atom is -0.485 e. The summed E-state index contributed by atoms with van der Waals surface area (Å²) in [5.41, 5.74) is 1.15. The van der Waals surface area contributed by atoms with Crippen molar-refractivity contribution in [1.82, 2.24) is 0 Å². The molecule has 6 atom stereocenters. The van der Waals surface area contributed by atoms with Crippen molar-refractivity contribution in [2.45, 2.75) is 6.42 Å². The summed E-state index contributed by atoms with van der Waals surface area (Å²) in [5, 5.41) is 0. The summed E-state index contributed by atoms with van der Waals surface area (Å²) in [6.07, 6.45) is 5.50. The summed E-state index contributed by atoms with van der Waals surface area (Å²) in [6.45, 7) is -0.0789. The standard InChI is InChI=1S/C25H20BrNO4/c26-14-3-1-13(2-4-14)21(28)12-31-16-7-5-15(6-8-16)27-24(29)22-17-9-10-18(20-11-19(17)20)23(22)25(27)30/h1-10,17-20,22-23H,11-12H2/t17-,18+,19?,20?,22-,23+. The van der Waals surface area contributed by atoms with Crippen LogP contribution in [0.5, 0.6) is 5.75 Å². The van der Waals surface area contributed by atoms with Crippen molar-refractivity contribution in [3.63, 3.8) is 0 Å². The van der Waals surface area contributed by atoms with Gasteiger partial charge in [0.25, 0.3) is 0 Å². The summed E-state index contributed by atoms with van der Waals surface area (Å²) in [4.78, 5) is 40.0. The molecule has 2 amide bonds. The Morgan fingerprint density at radius 3 is 2.06 bits per heavy atom. The molecule has 1 aliphatic heterocycles. The number of imide groups is 1. The maximum atomic E-state index is 13.2. The number of hydrogen-bond donors (Lipinski definition) is 0. The van der Waals surface area contributed by atoms with Crippen LogP contribution in [0.1, 0.15) is 16.8 Å². The fourth-order valence-electron chi connectivity index (χ4n) is 5.77. The van der Waals surface area contributed by atoms with Crippen molar-refractivity contribution < 1.29 is 19.1 Å². The van der Waals surface area contributed by atoms with Crippen LogP contribution in [0.3, 0.4) is 0 Å². The maximum absolute atomic E-state index is 13.2. The van der Waals surface area contributed by atoms with Crippen LogP contribution < -0.4 is 9.64 Å². The number of halogens is 1. The average Bonchev–Trinajstić information content (AvgIpc) is 3.56. The number of Topliss-reactive ketones (excluding diaryl/α,β-unsaturated/α-hetero) is 1. The summed E-state index contributed by atoms with van der Waals surface area (Å²) in [5.74, 6) is 1.47. The summed E-state index contributed by atoms with van der Waals surface area (Å²) < 4.78 is 6.53. The highest BCUT2D eigenvalue weighted by molar-refractivity contribution is 9.10. The Balaban J connectivity index is 1.16. The van der Waals surface area contributed by atoms with E-state index in [1.165, 1.54) is 4.90 Å². The molecule has 0 N–H and O–H groups in total. The third kappa shape index (κ3) is 2.92. The molecule has 3 fully saturated rings. The quantitative estimate of drug-likeness (QED) is 0.366. The third-order valence-corrected chi connectivity index (χ3v) is 7.82. The van der Waals surface area contributed by atoms with Crippen LogP contribution in [0.25, 0.3) is 0 Å². The highest BCUT2D eigenvalue weighted by Crippen LogP contribution is 2.65. The van der Waals surface area contributed by atoms with Gasteiger partial charge in [-0.3, -0.25) is 19.3 Å². The first-order valence-corrected chi connectivity index (χ1v) is 11.4. The smallest absolute Gasteiger partial charge is 0.238 e. The van der Waals surface area contributed by atoms with Gasteiger partial charge in [0.05, 0.1) is 17.5 Å². The van der Waals surface area contributed by atoms with Gasteiger partial charge in [0.2, 0.25) is 11.8 Å². The van der Waals surface area contributed by atoms with E-state index < -0.39 is 0 Å². The van der Waals surface area contributed by atoms with Crippen LogP contribution >= 0.6 is 15.9 Å². The predicted octanol–water partition coefficient (Wildman–Crippen LogP) is 4.27. The SMILES string of the molecule is O=C(COc1ccc(N2C(=O)[C@@H]3[C@H](C2=O)[C@@H]2C=C[C@H]3C3CC32)cc1)c1ccc(Br)cc1. The van der Waals surface area contributed by atoms with E-state index >= 15 is 0 Å². The molecule has 5 aliphatic rings. The second-order valence-corrected chi connectivity index (χ2v) is 9.79. The van der Waals surface area contributed by atoms with Crippen LogP contribution in [0, 0.1) is 35.5 Å². The Kier molecular flexibility index (Phi) is 4.22. The number of carbonyl (C=O) groups excluding carboxylic acids is 3. The van der Waals surface area contributed by atoms with E-state index in [9.17, 15) is 14.4 Å². The normalized spacial score (nSPS) is 32.1. The van der Waals surface area contributed by atoms with E-state index in [2.05, 4.69) is 28.1 Å². The Labute approximate surface area is 188 Å². The molecule has 0 spiro atoms. The van der Waals surface area contributed by atoms with E-state index in [0.717, 1.165) is 10.9 Å². The Morgan fingerprint density at radius 2 is 1.48 bits per heavy atom. The molecule has 31 heavy (non-hydrogen) atoms. The number of amides is 2. The second-order valence-electron chi connectivity index (χ2n) is 8.88. The fraction of sp³-hybridized carbons (Fsp3) is 0.320. The van der Waals surface area contributed by atoms with Crippen LogP contribution in [-0.4, -0.2) is 24.2 Å². The fourth-order valence-corrected chi connectivity index (χ4v) is 6.04. The Morgan fingerprint density at radius 1 is 0.903 bits per heavy atom. The molecule has 1 heterocycles. The van der Waals surface area contributed by atoms with Gasteiger partial charge in [-0.15, -0.1) is 0 Å². The largest absolute Gasteiger partial charge is 0.485 e. The minimum atomic E-state index is -0.203. The van der Waals surface area contributed by atoms with Crippen molar-refractivity contribution >= 4 is 39.2 Å². The van der Waals surface area contributed by atoms with Crippen molar-refractivity contribution in [1.29, 1.82) is 0 Å². The molecule has 0 aromatic heterocycles. The van der Waals surface area contributed by atoms with Gasteiger partial charge in [-0.25, -0.2) is 0 Å². The highest BCUT2D eigenvalue weighted by atomic mass is 79.9. The first-order chi connectivity index (χ1) is 15.0. The van der Waals surface area contributed by atoms with Gasteiger partial charge in [-0.05, 0) is 66.5 Å². The van der Waals surface area contributed by atoms with Gasteiger partial charge in [0.15, 0.2) is 12.4 Å². The lowest BCUT2D eigenvalue weighted by Gasteiger charge is -2.37. The number of ketones is 1. The van der Waals surface area contributed by atoms with Gasteiger partial charge in [-0.1, -0.05) is 40.2 Å². The van der Waals surface area contributed by atoms with E-state index in [4.69, 9.17) is 4.74 Å². The molecular formula is C25H20BrNO4. The number of rotatable bonds is 5. The molecule has 2 saturated carbocycles. The Bertz CT molecular complexity index is 1090. The molecule has 156 valence electrons. The molecule has 6 heteroatoms. The van der Waals surface area contributed by atoms with E-state index in [1.54, 1.807) is 36.4 Å². The zero-order valence-electron chi connectivity index (χ0n) is 16.6. The van der Waals surface area contributed by atoms with Gasteiger partial charge in [-0.2, -0.15) is 0 Å². The van der Waals surface area contributed by atoms with Gasteiger partial charge < -0.3 is 4.74 Å². The number of hydrogen-bond acceptors (Lipinski definition) is 4. The Hall–Kier alpha value is -2.73.